The molecule has 0 unspecified atom stereocenters. The molecule has 0 radical (unpaired) electrons. The van der Waals surface area contributed by atoms with Gasteiger partial charge in [0.15, 0.2) is 5.78 Å². The fourth-order valence-corrected chi connectivity index (χ4v) is 2.88. The van der Waals surface area contributed by atoms with Gasteiger partial charge in [0.2, 0.25) is 0 Å². The van der Waals surface area contributed by atoms with Gasteiger partial charge in [-0.2, -0.15) is 5.10 Å². The Kier molecular flexibility index (Phi) is 7.55. The Bertz CT molecular complexity index is 603. The first-order chi connectivity index (χ1) is 10.4. The highest BCUT2D eigenvalue weighted by Gasteiger charge is 2.12. The quantitative estimate of drug-likeness (QED) is 0.442. The molecule has 0 saturated heterocycles. The van der Waals surface area contributed by atoms with Crippen LogP contribution in [0.4, 0.5) is 0 Å². The second-order valence-electron chi connectivity index (χ2n) is 4.62. The molecule has 0 saturated carbocycles. The van der Waals surface area contributed by atoms with Crippen molar-refractivity contribution in [3.8, 4) is 0 Å². The van der Waals surface area contributed by atoms with E-state index >= 15 is 0 Å². The summed E-state index contributed by atoms with van der Waals surface area (Å²) >= 11 is 9.45. The highest BCUT2D eigenvalue weighted by Crippen LogP contribution is 2.26. The van der Waals surface area contributed by atoms with Crippen LogP contribution in [0.3, 0.4) is 0 Å². The maximum Gasteiger partial charge on any atom is 0.353 e. The molecular weight excluding hydrogens is 372 g/mol. The second kappa shape index (κ2) is 8.90. The van der Waals surface area contributed by atoms with Crippen molar-refractivity contribution in [2.24, 2.45) is 5.10 Å². The molecule has 1 rings (SSSR count). The number of nitrogens with one attached hydrogen (secondary N) is 1. The third-order valence-electron chi connectivity index (χ3n) is 3.01. The first kappa shape index (κ1) is 18.6. The Morgan fingerprint density at radius 1 is 1.41 bits per heavy atom. The highest BCUT2D eigenvalue weighted by atomic mass is 79.9. The minimum atomic E-state index is -0.534. The van der Waals surface area contributed by atoms with Crippen LogP contribution >= 0.6 is 27.5 Å². The predicted octanol–water partition coefficient (Wildman–Crippen LogP) is 2.92. The van der Waals surface area contributed by atoms with Crippen LogP contribution in [0, 0.1) is 0 Å². The summed E-state index contributed by atoms with van der Waals surface area (Å²) in [6.07, 6.45) is 1.05. The molecule has 0 aliphatic rings. The number of esters is 1. The van der Waals surface area contributed by atoms with Crippen LogP contribution < -0.4 is 5.43 Å². The van der Waals surface area contributed by atoms with E-state index in [2.05, 4.69) is 31.2 Å². The first-order valence-electron chi connectivity index (χ1n) is 6.73. The van der Waals surface area contributed by atoms with E-state index in [0.29, 0.717) is 5.02 Å². The molecule has 0 aliphatic carbocycles. The fourth-order valence-electron chi connectivity index (χ4n) is 1.87. The molecule has 0 atom stereocenters. The van der Waals surface area contributed by atoms with E-state index in [1.54, 1.807) is 6.07 Å². The van der Waals surface area contributed by atoms with Gasteiger partial charge in [0.25, 0.3) is 0 Å². The summed E-state index contributed by atoms with van der Waals surface area (Å²) in [5.74, 6) is -0.576. The lowest BCUT2D eigenvalue weighted by molar-refractivity contribution is -0.132. The number of aryl methyl sites for hydroxylation is 1. The SMILES string of the molecule is CCc1cc(Cl)cc(Br)c1CC(=O)CN/N=C(/C)C(=O)OC. The summed E-state index contributed by atoms with van der Waals surface area (Å²) in [5.41, 5.74) is 4.70. The molecule has 0 aliphatic heterocycles. The number of ketones is 1. The molecule has 1 aromatic carbocycles. The summed E-state index contributed by atoms with van der Waals surface area (Å²) in [6.45, 7) is 3.55. The van der Waals surface area contributed by atoms with Crippen molar-refractivity contribution in [3.63, 3.8) is 0 Å². The maximum absolute atomic E-state index is 12.0. The molecular formula is C15H18BrClN2O3. The fraction of sp³-hybridized carbons (Fsp3) is 0.400. The lowest BCUT2D eigenvalue weighted by atomic mass is 10.0. The van der Waals surface area contributed by atoms with Gasteiger partial charge < -0.3 is 10.2 Å². The number of carbonyl (C=O) groups is 2. The number of benzene rings is 1. The molecule has 0 bridgehead atoms. The number of rotatable bonds is 7. The van der Waals surface area contributed by atoms with Crippen LogP contribution in [0.1, 0.15) is 25.0 Å². The topological polar surface area (TPSA) is 67.8 Å². The van der Waals surface area contributed by atoms with Gasteiger partial charge in [-0.15, -0.1) is 0 Å². The Hall–Kier alpha value is -1.40. The molecule has 1 aromatic rings. The van der Waals surface area contributed by atoms with Crippen molar-refractivity contribution in [1.29, 1.82) is 0 Å². The third kappa shape index (κ3) is 5.42. The Balaban J connectivity index is 2.69. The number of Topliss-reactive ketones (excluding diaryl/α,β-unsaturated/α-hetero) is 1. The van der Waals surface area contributed by atoms with Crippen molar-refractivity contribution < 1.29 is 14.3 Å². The molecule has 0 aromatic heterocycles. The number of hydrogen-bond acceptors (Lipinski definition) is 5. The van der Waals surface area contributed by atoms with E-state index in [-0.39, 0.29) is 24.5 Å². The second-order valence-corrected chi connectivity index (χ2v) is 5.91. The zero-order valence-electron chi connectivity index (χ0n) is 12.7. The predicted molar refractivity (Wildman–Crippen MR) is 90.4 cm³/mol. The minimum Gasteiger partial charge on any atom is -0.464 e. The van der Waals surface area contributed by atoms with E-state index in [1.807, 2.05) is 13.0 Å². The molecule has 7 heteroatoms. The van der Waals surface area contributed by atoms with Gasteiger partial charge in [0, 0.05) is 15.9 Å². The van der Waals surface area contributed by atoms with E-state index in [1.165, 1.54) is 14.0 Å². The standard InChI is InChI=1S/C15H18BrClN2O3/c1-4-10-5-11(17)6-14(16)13(10)7-12(20)8-18-19-9(2)15(21)22-3/h5-6,18H,4,7-8H2,1-3H3/b19-9-. The number of hydrogen-bond donors (Lipinski definition) is 1. The molecule has 0 fully saturated rings. The van der Waals surface area contributed by atoms with E-state index < -0.39 is 5.97 Å². The summed E-state index contributed by atoms with van der Waals surface area (Å²) < 4.78 is 5.33. The van der Waals surface area contributed by atoms with Crippen LogP contribution in [0.5, 0.6) is 0 Å². The highest BCUT2D eigenvalue weighted by molar-refractivity contribution is 9.10. The molecule has 1 N–H and O–H groups in total. The minimum absolute atomic E-state index is 0.0343. The van der Waals surface area contributed by atoms with E-state index in [4.69, 9.17) is 11.6 Å². The van der Waals surface area contributed by atoms with Crippen LogP contribution in [0.15, 0.2) is 21.7 Å². The van der Waals surface area contributed by atoms with Gasteiger partial charge in [-0.25, -0.2) is 4.79 Å². The average Bonchev–Trinajstić information content (AvgIpc) is 2.48. The largest absolute Gasteiger partial charge is 0.464 e. The normalized spacial score (nSPS) is 11.2. The van der Waals surface area contributed by atoms with Gasteiger partial charge in [0.1, 0.15) is 5.71 Å². The van der Waals surface area contributed by atoms with Crippen molar-refractivity contribution in [3.05, 3.63) is 32.8 Å². The summed E-state index contributed by atoms with van der Waals surface area (Å²) in [5, 5.41) is 4.43. The summed E-state index contributed by atoms with van der Waals surface area (Å²) in [4.78, 5) is 23.2. The number of methoxy groups -OCH3 is 1. The number of ether oxygens (including phenoxy) is 1. The zero-order valence-corrected chi connectivity index (χ0v) is 15.0. The molecule has 5 nitrogen and oxygen atoms in total. The molecule has 120 valence electrons. The van der Waals surface area contributed by atoms with Gasteiger partial charge in [-0.1, -0.05) is 34.5 Å². The third-order valence-corrected chi connectivity index (χ3v) is 3.94. The van der Waals surface area contributed by atoms with Gasteiger partial charge in [0.05, 0.1) is 13.7 Å². The molecule has 0 spiro atoms. The van der Waals surface area contributed by atoms with Crippen molar-refractivity contribution in [1.82, 2.24) is 5.43 Å². The number of nitrogens with zero attached hydrogens (tertiary/aromatic N) is 1. The van der Waals surface area contributed by atoms with Gasteiger partial charge >= 0.3 is 5.97 Å². The molecule has 0 amide bonds. The van der Waals surface area contributed by atoms with Crippen LogP contribution in [-0.4, -0.2) is 31.1 Å². The van der Waals surface area contributed by atoms with E-state index in [0.717, 1.165) is 22.0 Å². The summed E-state index contributed by atoms with van der Waals surface area (Å²) in [7, 11) is 1.27. The summed E-state index contributed by atoms with van der Waals surface area (Å²) in [6, 6.07) is 3.64. The Morgan fingerprint density at radius 3 is 2.68 bits per heavy atom. The van der Waals surface area contributed by atoms with E-state index in [9.17, 15) is 9.59 Å². The first-order valence-corrected chi connectivity index (χ1v) is 7.90. The van der Waals surface area contributed by atoms with Crippen molar-refractivity contribution in [2.45, 2.75) is 26.7 Å². The van der Waals surface area contributed by atoms with Crippen molar-refractivity contribution in [2.75, 3.05) is 13.7 Å². The molecule has 22 heavy (non-hydrogen) atoms. The van der Waals surface area contributed by atoms with Crippen LogP contribution in [-0.2, 0) is 27.2 Å². The Morgan fingerprint density at radius 2 is 2.09 bits per heavy atom. The zero-order chi connectivity index (χ0) is 16.7. The Labute approximate surface area is 143 Å². The lowest BCUT2D eigenvalue weighted by Crippen LogP contribution is -2.23. The maximum atomic E-state index is 12.0. The van der Waals surface area contributed by atoms with Gasteiger partial charge in [-0.3, -0.25) is 4.79 Å². The number of halogens is 2. The van der Waals surface area contributed by atoms with Crippen LogP contribution in [0.2, 0.25) is 5.02 Å². The monoisotopic (exact) mass is 388 g/mol. The number of carbonyl (C=O) groups excluding carboxylic acids is 2. The van der Waals surface area contributed by atoms with Crippen LogP contribution in [0.25, 0.3) is 0 Å². The number of hydrazone groups is 1. The average molecular weight is 390 g/mol. The van der Waals surface area contributed by atoms with Gasteiger partial charge in [-0.05, 0) is 36.6 Å². The smallest absolute Gasteiger partial charge is 0.353 e. The lowest BCUT2D eigenvalue weighted by Gasteiger charge is -2.11. The van der Waals surface area contributed by atoms with Crippen molar-refractivity contribution >= 4 is 45.0 Å². The molecule has 0 heterocycles.